The van der Waals surface area contributed by atoms with Crippen LogP contribution in [0.15, 0.2) is 61.2 Å². The predicted molar refractivity (Wildman–Crippen MR) is 121 cm³/mol. The van der Waals surface area contributed by atoms with Gasteiger partial charge in [0, 0.05) is 61.6 Å². The zero-order valence-electron chi connectivity index (χ0n) is 17.6. The number of carbonyl (C=O) groups is 1. The molecule has 1 saturated heterocycles. The maximum atomic E-state index is 12.4. The van der Waals surface area contributed by atoms with E-state index in [4.69, 9.17) is 0 Å². The van der Waals surface area contributed by atoms with Crippen LogP contribution in [0.3, 0.4) is 0 Å². The van der Waals surface area contributed by atoms with Crippen LogP contribution in [0.4, 0.5) is 5.69 Å². The van der Waals surface area contributed by atoms with Gasteiger partial charge in [0.15, 0.2) is 0 Å². The average Bonchev–Trinajstić information content (AvgIpc) is 3.20. The highest BCUT2D eigenvalue weighted by Gasteiger charge is 2.17. The van der Waals surface area contributed by atoms with Gasteiger partial charge >= 0.3 is 0 Å². The smallest absolute Gasteiger partial charge is 0.248 e. The number of piperidine rings is 1. The number of nitrogens with one attached hydrogen (secondary N) is 1. The molecule has 1 unspecified atom stereocenters. The third-order valence-electron chi connectivity index (χ3n) is 5.39. The Hall–Kier alpha value is -3.29. The van der Waals surface area contributed by atoms with Crippen molar-refractivity contribution in [2.24, 2.45) is 7.05 Å². The van der Waals surface area contributed by atoms with Crippen molar-refractivity contribution >= 4 is 17.7 Å². The number of aryl methyl sites for hydroxylation is 1. The minimum absolute atomic E-state index is 0.201. The molecule has 1 aliphatic heterocycles. The number of pyridine rings is 1. The highest BCUT2D eigenvalue weighted by Crippen LogP contribution is 2.23. The molecular formula is C24H27N5O2. The van der Waals surface area contributed by atoms with Crippen LogP contribution in [-0.4, -0.2) is 49.9 Å². The standard InChI is InChI=1S/C24H27N5O2/c1-28-16-20(14-26-28)23-10-11-25-13-19(23)6-9-24(31)27-21-7-4-18(5-8-21)15-29-12-2-3-22(30)17-29/h4-11,13-14,16,22,30H,2-3,12,15,17H2,1H3,(H,27,31). The van der Waals surface area contributed by atoms with Gasteiger partial charge < -0.3 is 10.4 Å². The second-order valence-electron chi connectivity index (χ2n) is 7.92. The van der Waals surface area contributed by atoms with Crippen molar-refractivity contribution < 1.29 is 9.90 Å². The molecule has 7 heteroatoms. The quantitative estimate of drug-likeness (QED) is 0.602. The Kier molecular flexibility index (Phi) is 6.54. The number of aliphatic hydroxyl groups is 1. The summed E-state index contributed by atoms with van der Waals surface area (Å²) >= 11 is 0. The molecule has 3 heterocycles. The van der Waals surface area contributed by atoms with E-state index in [1.807, 2.05) is 43.6 Å². The number of carbonyl (C=O) groups excluding carboxylic acids is 1. The van der Waals surface area contributed by atoms with Crippen LogP contribution >= 0.6 is 0 Å². The van der Waals surface area contributed by atoms with E-state index < -0.39 is 0 Å². The second kappa shape index (κ2) is 9.68. The molecule has 160 valence electrons. The summed E-state index contributed by atoms with van der Waals surface area (Å²) in [5.41, 5.74) is 4.71. The van der Waals surface area contributed by atoms with E-state index in [1.54, 1.807) is 29.3 Å². The van der Waals surface area contributed by atoms with Crippen molar-refractivity contribution in [2.75, 3.05) is 18.4 Å². The minimum atomic E-state index is -0.224. The number of benzene rings is 1. The summed E-state index contributed by atoms with van der Waals surface area (Å²) in [5.74, 6) is -0.201. The number of amides is 1. The van der Waals surface area contributed by atoms with Gasteiger partial charge in [-0.25, -0.2) is 0 Å². The van der Waals surface area contributed by atoms with Crippen molar-refractivity contribution in [3.8, 4) is 11.1 Å². The van der Waals surface area contributed by atoms with E-state index >= 15 is 0 Å². The fourth-order valence-electron chi connectivity index (χ4n) is 3.84. The van der Waals surface area contributed by atoms with Crippen LogP contribution in [0.5, 0.6) is 0 Å². The molecule has 2 N–H and O–H groups in total. The first-order chi connectivity index (χ1) is 15.1. The largest absolute Gasteiger partial charge is 0.392 e. The lowest BCUT2D eigenvalue weighted by Crippen LogP contribution is -2.37. The van der Waals surface area contributed by atoms with Gasteiger partial charge in [-0.15, -0.1) is 0 Å². The summed E-state index contributed by atoms with van der Waals surface area (Å²) in [5, 5.41) is 16.9. The number of nitrogens with zero attached hydrogens (tertiary/aromatic N) is 4. The van der Waals surface area contributed by atoms with E-state index in [0.29, 0.717) is 0 Å². The lowest BCUT2D eigenvalue weighted by Gasteiger charge is -2.29. The molecule has 1 amide bonds. The molecule has 0 bridgehead atoms. The van der Waals surface area contributed by atoms with Gasteiger partial charge in [0.05, 0.1) is 12.3 Å². The Morgan fingerprint density at radius 1 is 1.26 bits per heavy atom. The first-order valence-electron chi connectivity index (χ1n) is 10.5. The van der Waals surface area contributed by atoms with E-state index in [1.165, 1.54) is 11.6 Å². The summed E-state index contributed by atoms with van der Waals surface area (Å²) in [7, 11) is 1.87. The Morgan fingerprint density at radius 2 is 2.10 bits per heavy atom. The number of anilines is 1. The van der Waals surface area contributed by atoms with Crippen LogP contribution in [0.25, 0.3) is 17.2 Å². The SMILES string of the molecule is Cn1cc(-c2ccncc2C=CC(=O)Nc2ccc(CN3CCCC(O)C3)cc2)cn1. The third kappa shape index (κ3) is 5.65. The Bertz CT molecular complexity index is 1060. The molecule has 7 nitrogen and oxygen atoms in total. The molecule has 1 atom stereocenters. The van der Waals surface area contributed by atoms with Gasteiger partial charge in [0.2, 0.25) is 5.91 Å². The van der Waals surface area contributed by atoms with Crippen LogP contribution in [-0.2, 0) is 18.4 Å². The highest BCUT2D eigenvalue weighted by atomic mass is 16.3. The lowest BCUT2D eigenvalue weighted by atomic mass is 10.0. The van der Waals surface area contributed by atoms with Crippen LogP contribution in [0.2, 0.25) is 0 Å². The lowest BCUT2D eigenvalue weighted by molar-refractivity contribution is -0.111. The van der Waals surface area contributed by atoms with E-state index in [-0.39, 0.29) is 12.0 Å². The zero-order chi connectivity index (χ0) is 21.6. The molecule has 0 aliphatic carbocycles. The zero-order valence-corrected chi connectivity index (χ0v) is 17.6. The second-order valence-corrected chi connectivity index (χ2v) is 7.92. The highest BCUT2D eigenvalue weighted by molar-refractivity contribution is 6.02. The molecule has 1 fully saturated rings. The number of aromatic nitrogens is 3. The summed E-state index contributed by atoms with van der Waals surface area (Å²) in [6, 6.07) is 9.76. The molecule has 3 aromatic rings. The maximum Gasteiger partial charge on any atom is 0.248 e. The van der Waals surface area contributed by atoms with E-state index in [2.05, 4.69) is 20.3 Å². The number of rotatable bonds is 6. The first kappa shape index (κ1) is 21.0. The molecule has 31 heavy (non-hydrogen) atoms. The molecular weight excluding hydrogens is 390 g/mol. The van der Waals surface area contributed by atoms with Crippen molar-refractivity contribution in [3.05, 3.63) is 72.3 Å². The summed E-state index contributed by atoms with van der Waals surface area (Å²) in [6.07, 6.45) is 12.2. The minimum Gasteiger partial charge on any atom is -0.392 e. The van der Waals surface area contributed by atoms with E-state index in [9.17, 15) is 9.90 Å². The third-order valence-corrected chi connectivity index (χ3v) is 5.39. The number of likely N-dealkylation sites (tertiary alicyclic amines) is 1. The molecule has 0 spiro atoms. The molecule has 0 radical (unpaired) electrons. The Labute approximate surface area is 182 Å². The van der Waals surface area contributed by atoms with Crippen LogP contribution in [0, 0.1) is 0 Å². The van der Waals surface area contributed by atoms with Crippen LogP contribution < -0.4 is 5.32 Å². The van der Waals surface area contributed by atoms with Gasteiger partial charge in [-0.1, -0.05) is 12.1 Å². The molecule has 1 aliphatic rings. The van der Waals surface area contributed by atoms with Crippen molar-refractivity contribution in [1.29, 1.82) is 0 Å². The molecule has 4 rings (SSSR count). The molecule has 0 saturated carbocycles. The van der Waals surface area contributed by atoms with Gasteiger partial charge in [-0.05, 0) is 54.8 Å². The predicted octanol–water partition coefficient (Wildman–Crippen LogP) is 3.09. The topological polar surface area (TPSA) is 83.3 Å². The fourth-order valence-corrected chi connectivity index (χ4v) is 3.84. The molecule has 1 aromatic carbocycles. The van der Waals surface area contributed by atoms with Gasteiger partial charge in [-0.3, -0.25) is 19.4 Å². The average molecular weight is 418 g/mol. The number of β-amino-alcohol motifs (C(OH)–C–C–N with tert-alkyl or cyclic N) is 1. The summed E-state index contributed by atoms with van der Waals surface area (Å²) < 4.78 is 1.74. The van der Waals surface area contributed by atoms with Crippen molar-refractivity contribution in [2.45, 2.75) is 25.5 Å². The summed E-state index contributed by atoms with van der Waals surface area (Å²) in [4.78, 5) is 18.8. The fraction of sp³-hybridized carbons (Fsp3) is 0.292. The maximum absolute atomic E-state index is 12.4. The first-order valence-corrected chi connectivity index (χ1v) is 10.5. The molecule has 2 aromatic heterocycles. The van der Waals surface area contributed by atoms with Crippen molar-refractivity contribution in [3.63, 3.8) is 0 Å². The van der Waals surface area contributed by atoms with Gasteiger partial charge in [-0.2, -0.15) is 5.10 Å². The number of hydrogen-bond acceptors (Lipinski definition) is 5. The van der Waals surface area contributed by atoms with Crippen molar-refractivity contribution in [1.82, 2.24) is 19.7 Å². The van der Waals surface area contributed by atoms with E-state index in [0.717, 1.165) is 54.9 Å². The number of hydrogen-bond donors (Lipinski definition) is 2. The van der Waals surface area contributed by atoms with Crippen LogP contribution in [0.1, 0.15) is 24.0 Å². The normalized spacial score (nSPS) is 17.2. The monoisotopic (exact) mass is 417 g/mol. The Balaban J connectivity index is 1.36. The van der Waals surface area contributed by atoms with Gasteiger partial charge in [0.1, 0.15) is 0 Å². The summed E-state index contributed by atoms with van der Waals surface area (Å²) in [6.45, 7) is 2.54. The number of aliphatic hydroxyl groups excluding tert-OH is 1. The Morgan fingerprint density at radius 3 is 2.84 bits per heavy atom. The van der Waals surface area contributed by atoms with Gasteiger partial charge in [0.25, 0.3) is 0 Å².